The van der Waals surface area contributed by atoms with Crippen LogP contribution in [0.15, 0.2) is 60.3 Å². The van der Waals surface area contributed by atoms with Crippen molar-refractivity contribution in [2.24, 2.45) is 0 Å². The van der Waals surface area contributed by atoms with Crippen LogP contribution in [0.3, 0.4) is 0 Å². The van der Waals surface area contributed by atoms with Gasteiger partial charge in [-0.3, -0.25) is 4.40 Å². The minimum atomic E-state index is -2.65. The van der Waals surface area contributed by atoms with Crippen LogP contribution < -0.4 is 4.74 Å². The number of aromatic nitrogens is 2. The van der Waals surface area contributed by atoms with Crippen molar-refractivity contribution in [1.82, 2.24) is 9.38 Å². The molecule has 35 heavy (non-hydrogen) atoms. The van der Waals surface area contributed by atoms with Gasteiger partial charge in [0, 0.05) is 36.0 Å². The Morgan fingerprint density at radius 3 is 2.97 bits per heavy atom. The highest BCUT2D eigenvalue weighted by molar-refractivity contribution is 6.33. The van der Waals surface area contributed by atoms with Crippen LogP contribution in [-0.2, 0) is 18.0 Å². The molecule has 2 aromatic heterocycles. The van der Waals surface area contributed by atoms with E-state index in [0.29, 0.717) is 49.9 Å². The first kappa shape index (κ1) is 19.6. The highest BCUT2D eigenvalue weighted by Crippen LogP contribution is 2.40. The van der Waals surface area contributed by atoms with Gasteiger partial charge >= 0.3 is 0 Å². The molecule has 2 aromatic carbocycles. The maximum atomic E-state index is 14.0. The van der Waals surface area contributed by atoms with Gasteiger partial charge in [-0.05, 0) is 53.9 Å². The number of fused-ring (bicyclic) bond motifs is 3. The molecule has 0 radical (unpaired) electrons. The number of imidazole rings is 1. The highest BCUT2D eigenvalue weighted by atomic mass is 35.5. The molecule has 0 spiro atoms. The van der Waals surface area contributed by atoms with Gasteiger partial charge in [-0.15, -0.1) is 0 Å². The normalized spacial score (nSPS) is 16.6. The molecular weight excluding hydrogens is 469 g/mol. The van der Waals surface area contributed by atoms with Crippen molar-refractivity contribution in [2.75, 3.05) is 7.04 Å². The van der Waals surface area contributed by atoms with Crippen LogP contribution in [0.1, 0.15) is 50.8 Å². The fourth-order valence-electron chi connectivity index (χ4n) is 4.45. The number of nitrogens with zero attached hydrogens (tertiary/aromatic N) is 3. The largest absolute Gasteiger partial charge is 0.488 e. The van der Waals surface area contributed by atoms with Gasteiger partial charge in [-0.1, -0.05) is 23.7 Å². The second kappa shape index (κ2) is 9.16. The molecule has 1 aliphatic heterocycles. The molecular formula is C27H21ClFN3O3. The molecule has 0 saturated heterocycles. The maximum Gasteiger partial charge on any atom is 0.156 e. The number of pyridine rings is 1. The number of rotatable bonds is 4. The zero-order valence-corrected chi connectivity index (χ0v) is 19.3. The van der Waals surface area contributed by atoms with Crippen LogP contribution in [0.4, 0.5) is 4.39 Å². The van der Waals surface area contributed by atoms with Gasteiger partial charge in [0.05, 0.1) is 33.2 Å². The van der Waals surface area contributed by atoms with E-state index in [9.17, 15) is 14.8 Å². The molecule has 8 heteroatoms. The van der Waals surface area contributed by atoms with Gasteiger partial charge in [0.2, 0.25) is 0 Å². The monoisotopic (exact) mass is 492 g/mol. The Labute approximate surface area is 210 Å². The fourth-order valence-corrected chi connectivity index (χ4v) is 4.66. The second-order valence-electron chi connectivity index (χ2n) is 8.14. The lowest BCUT2D eigenvalue weighted by atomic mass is 9.89. The molecule has 176 valence electrons. The fraction of sp³-hybridized carbons (Fsp3) is 0.185. The number of halogens is 2. The smallest absolute Gasteiger partial charge is 0.156 e. The van der Waals surface area contributed by atoms with E-state index in [0.717, 1.165) is 5.56 Å². The second-order valence-corrected chi connectivity index (χ2v) is 8.55. The lowest BCUT2D eigenvalue weighted by Crippen LogP contribution is -2.09. The molecule has 1 aliphatic rings. The number of benzene rings is 2. The quantitative estimate of drug-likeness (QED) is 0.375. The van der Waals surface area contributed by atoms with Crippen LogP contribution in [-0.4, -0.2) is 21.5 Å². The third kappa shape index (κ3) is 3.96. The number of aliphatic hydroxyl groups excluding tert-OH is 1. The van der Waals surface area contributed by atoms with Crippen LogP contribution in [0.2, 0.25) is 5.02 Å². The van der Waals surface area contributed by atoms with Crippen LogP contribution in [0, 0.1) is 17.1 Å². The molecule has 4 aromatic rings. The van der Waals surface area contributed by atoms with Crippen molar-refractivity contribution in [1.29, 1.82) is 5.26 Å². The maximum absolute atomic E-state index is 14.0. The summed E-state index contributed by atoms with van der Waals surface area (Å²) in [5, 5.41) is 21.5. The number of allylic oxidation sites excluding steroid dienone is 1. The summed E-state index contributed by atoms with van der Waals surface area (Å²) in [5.74, 6) is -0.147. The van der Waals surface area contributed by atoms with Crippen molar-refractivity contribution in [2.45, 2.75) is 26.2 Å². The summed E-state index contributed by atoms with van der Waals surface area (Å²) in [5.41, 5.74) is 4.37. The lowest BCUT2D eigenvalue weighted by molar-refractivity contribution is 0.172. The van der Waals surface area contributed by atoms with E-state index in [1.165, 1.54) is 12.1 Å². The van der Waals surface area contributed by atoms with Gasteiger partial charge in [-0.25, -0.2) is 9.37 Å². The summed E-state index contributed by atoms with van der Waals surface area (Å²) in [6.07, 6.45) is 0.428. The Kier molecular flexibility index (Phi) is 5.12. The number of ether oxygens (including phenoxy) is 2. The molecule has 6 nitrogen and oxygen atoms in total. The Morgan fingerprint density at radius 2 is 2.17 bits per heavy atom. The molecule has 0 amide bonds. The van der Waals surface area contributed by atoms with E-state index < -0.39 is 19.0 Å². The van der Waals surface area contributed by atoms with Gasteiger partial charge in [-0.2, -0.15) is 5.26 Å². The number of methoxy groups -OCH3 is 1. The van der Waals surface area contributed by atoms with Crippen LogP contribution in [0.5, 0.6) is 5.75 Å². The summed E-state index contributed by atoms with van der Waals surface area (Å²) >= 11 is 6.32. The average Bonchev–Trinajstić information content (AvgIpc) is 3.18. The summed E-state index contributed by atoms with van der Waals surface area (Å²) in [4.78, 5) is 4.44. The predicted molar refractivity (Wildman–Crippen MR) is 129 cm³/mol. The number of aliphatic hydroxyl groups is 1. The summed E-state index contributed by atoms with van der Waals surface area (Å²) in [7, 11) is -2.65. The van der Waals surface area contributed by atoms with Crippen molar-refractivity contribution < 1.29 is 23.1 Å². The van der Waals surface area contributed by atoms with Gasteiger partial charge in [0.15, 0.2) is 5.65 Å². The number of hydrogen-bond donors (Lipinski definition) is 1. The van der Waals surface area contributed by atoms with E-state index in [2.05, 4.69) is 11.1 Å². The van der Waals surface area contributed by atoms with Gasteiger partial charge in [0.1, 0.15) is 24.3 Å². The average molecular weight is 493 g/mol. The summed E-state index contributed by atoms with van der Waals surface area (Å²) in [6.45, 7) is 1.38. The SMILES string of the molecule is [2H]C([2H])([2H])OCc1nc2c(Cl)cccn2c1C(O)c1ccc2c(c1)COc1cc(F)ccc1/C2=C(\C)C#N. The Bertz CT molecular complexity index is 1640. The summed E-state index contributed by atoms with van der Waals surface area (Å²) < 4.78 is 48.6. The first-order valence-electron chi connectivity index (χ1n) is 12.2. The van der Waals surface area contributed by atoms with Gasteiger partial charge in [0.25, 0.3) is 0 Å². The number of hydrogen-bond acceptors (Lipinski definition) is 5. The molecule has 3 heterocycles. The van der Waals surface area contributed by atoms with E-state index in [-0.39, 0.29) is 18.9 Å². The first-order chi connectivity index (χ1) is 18.1. The summed E-state index contributed by atoms with van der Waals surface area (Å²) in [6, 6.07) is 14.9. The molecule has 0 bridgehead atoms. The standard InChI is InChI=1S/C27H21ClFN3O3/c1-15(12-30)24-19-7-5-16(10-17(19)13-35-23-11-18(29)6-8-20(23)24)26(33)25-22(14-34-2)31-27-21(28)4-3-9-32(25)27/h3-11,26,33H,13-14H2,1-2H3/b24-15+/i2D3. The Balaban J connectivity index is 1.62. The van der Waals surface area contributed by atoms with E-state index >= 15 is 0 Å². The molecule has 0 saturated carbocycles. The first-order valence-corrected chi connectivity index (χ1v) is 11.1. The van der Waals surface area contributed by atoms with Gasteiger partial charge < -0.3 is 14.6 Å². The van der Waals surface area contributed by atoms with Crippen molar-refractivity contribution in [3.8, 4) is 11.8 Å². The van der Waals surface area contributed by atoms with E-state index in [1.54, 1.807) is 53.9 Å². The third-order valence-corrected chi connectivity index (χ3v) is 6.33. The Morgan fingerprint density at radius 1 is 1.34 bits per heavy atom. The van der Waals surface area contributed by atoms with E-state index in [4.69, 9.17) is 25.2 Å². The molecule has 1 atom stereocenters. The van der Waals surface area contributed by atoms with E-state index in [1.807, 2.05) is 0 Å². The van der Waals surface area contributed by atoms with Crippen molar-refractivity contribution >= 4 is 22.8 Å². The highest BCUT2D eigenvalue weighted by Gasteiger charge is 2.26. The zero-order valence-electron chi connectivity index (χ0n) is 21.5. The van der Waals surface area contributed by atoms with Crippen molar-refractivity contribution in [3.63, 3.8) is 0 Å². The molecule has 1 N–H and O–H groups in total. The topological polar surface area (TPSA) is 79.8 Å². The van der Waals surface area contributed by atoms with Crippen molar-refractivity contribution in [3.05, 3.63) is 105 Å². The molecule has 5 rings (SSSR count). The molecule has 0 aliphatic carbocycles. The molecule has 0 fully saturated rings. The number of nitriles is 1. The predicted octanol–water partition coefficient (Wildman–Crippen LogP) is 5.59. The lowest BCUT2D eigenvalue weighted by Gasteiger charge is -2.17. The Hall–Kier alpha value is -3.70. The minimum absolute atomic E-state index is 0.0720. The van der Waals surface area contributed by atoms with Crippen LogP contribution >= 0.6 is 11.6 Å². The minimum Gasteiger partial charge on any atom is -0.488 e. The van der Waals surface area contributed by atoms with Crippen LogP contribution in [0.25, 0.3) is 11.2 Å². The zero-order chi connectivity index (χ0) is 27.2. The molecule has 1 unspecified atom stereocenters. The third-order valence-electron chi connectivity index (χ3n) is 6.04.